The van der Waals surface area contributed by atoms with E-state index in [2.05, 4.69) is 4.98 Å². The summed E-state index contributed by atoms with van der Waals surface area (Å²) in [6.45, 7) is 1.29. The summed E-state index contributed by atoms with van der Waals surface area (Å²) in [7, 11) is 0. The van der Waals surface area contributed by atoms with Crippen LogP contribution in [0.3, 0.4) is 0 Å². The summed E-state index contributed by atoms with van der Waals surface area (Å²) in [4.78, 5) is 25.3. The van der Waals surface area contributed by atoms with Crippen LogP contribution in [0, 0.1) is 15.9 Å². The lowest BCUT2D eigenvalue weighted by molar-refractivity contribution is -0.385. The average Bonchev–Trinajstić information content (AvgIpc) is 2.41. The fourth-order valence-corrected chi connectivity index (χ4v) is 1.58. The largest absolute Gasteiger partial charge is 0.428 e. The van der Waals surface area contributed by atoms with Crippen LogP contribution < -0.4 is 4.74 Å². The summed E-state index contributed by atoms with van der Waals surface area (Å²) < 4.78 is 18.8. The zero-order valence-corrected chi connectivity index (χ0v) is 10.4. The molecule has 1 aromatic carbocycles. The van der Waals surface area contributed by atoms with Gasteiger partial charge in [-0.3, -0.25) is 14.9 Å². The second-order valence-electron chi connectivity index (χ2n) is 3.86. The number of ketones is 1. The van der Waals surface area contributed by atoms with Gasteiger partial charge in [0.1, 0.15) is 0 Å². The van der Waals surface area contributed by atoms with Gasteiger partial charge in [0.25, 0.3) is 0 Å². The molecule has 0 radical (unpaired) electrons. The minimum absolute atomic E-state index is 0.116. The van der Waals surface area contributed by atoms with Crippen molar-refractivity contribution in [1.29, 1.82) is 0 Å². The summed E-state index contributed by atoms with van der Waals surface area (Å²) in [5, 5.41) is 10.9. The number of ether oxygens (including phenoxy) is 1. The number of carbonyl (C=O) groups is 1. The van der Waals surface area contributed by atoms with Crippen LogP contribution in [0.25, 0.3) is 0 Å². The van der Waals surface area contributed by atoms with Gasteiger partial charge in [0.2, 0.25) is 11.6 Å². The molecule has 0 amide bonds. The van der Waals surface area contributed by atoms with Crippen molar-refractivity contribution >= 4 is 11.5 Å². The fraction of sp³-hybridized carbons (Fsp3) is 0.0769. The zero-order valence-electron chi connectivity index (χ0n) is 10.4. The first-order valence-electron chi connectivity index (χ1n) is 5.57. The van der Waals surface area contributed by atoms with Gasteiger partial charge in [-0.25, -0.2) is 9.37 Å². The minimum atomic E-state index is -0.903. The Morgan fingerprint density at radius 1 is 1.35 bits per heavy atom. The van der Waals surface area contributed by atoms with Crippen molar-refractivity contribution in [3.63, 3.8) is 0 Å². The van der Waals surface area contributed by atoms with Crippen molar-refractivity contribution in [2.24, 2.45) is 0 Å². The van der Waals surface area contributed by atoms with E-state index in [0.717, 1.165) is 12.1 Å². The van der Waals surface area contributed by atoms with E-state index < -0.39 is 22.2 Å². The normalized spacial score (nSPS) is 10.1. The number of aromatic nitrogens is 1. The molecule has 1 aromatic heterocycles. The van der Waals surface area contributed by atoms with Gasteiger partial charge in [-0.2, -0.15) is 0 Å². The van der Waals surface area contributed by atoms with Crippen molar-refractivity contribution in [2.75, 3.05) is 0 Å². The molecule has 0 fully saturated rings. The van der Waals surface area contributed by atoms with Crippen LogP contribution in [-0.2, 0) is 0 Å². The molecule has 0 spiro atoms. The van der Waals surface area contributed by atoms with Crippen molar-refractivity contribution in [3.8, 4) is 11.6 Å². The first-order valence-corrected chi connectivity index (χ1v) is 5.57. The summed E-state index contributed by atoms with van der Waals surface area (Å²) in [6.07, 6.45) is 1.34. The van der Waals surface area contributed by atoms with Crippen molar-refractivity contribution in [2.45, 2.75) is 6.92 Å². The van der Waals surface area contributed by atoms with Crippen molar-refractivity contribution in [1.82, 2.24) is 4.98 Å². The highest BCUT2D eigenvalue weighted by Gasteiger charge is 2.22. The molecule has 20 heavy (non-hydrogen) atoms. The molecule has 0 unspecified atom stereocenters. The lowest BCUT2D eigenvalue weighted by Gasteiger charge is -2.08. The topological polar surface area (TPSA) is 82.3 Å². The van der Waals surface area contributed by atoms with Crippen LogP contribution in [0.4, 0.5) is 10.1 Å². The maximum atomic E-state index is 13.7. The van der Waals surface area contributed by atoms with E-state index in [0.29, 0.717) is 0 Å². The fourth-order valence-electron chi connectivity index (χ4n) is 1.58. The number of carbonyl (C=O) groups excluding carboxylic acids is 1. The molecular formula is C13H9FN2O4. The number of nitro groups is 1. The Morgan fingerprint density at radius 3 is 2.75 bits per heavy atom. The second kappa shape index (κ2) is 5.43. The number of hydrogen-bond acceptors (Lipinski definition) is 5. The highest BCUT2D eigenvalue weighted by molar-refractivity contribution is 5.96. The first kappa shape index (κ1) is 13.6. The molecule has 6 nitrogen and oxygen atoms in total. The molecule has 0 saturated carbocycles. The molecule has 7 heteroatoms. The van der Waals surface area contributed by atoms with E-state index in [4.69, 9.17) is 4.74 Å². The third-order valence-corrected chi connectivity index (χ3v) is 2.49. The third-order valence-electron chi connectivity index (χ3n) is 2.49. The first-order chi connectivity index (χ1) is 9.50. The molecule has 1 heterocycles. The Kier molecular flexibility index (Phi) is 3.69. The lowest BCUT2D eigenvalue weighted by Crippen LogP contribution is -2.02. The number of Topliss-reactive ketones (excluding diaryl/α,β-unsaturated/α-hetero) is 1. The average molecular weight is 276 g/mol. The molecule has 0 aliphatic carbocycles. The molecule has 0 atom stereocenters. The van der Waals surface area contributed by atoms with Crippen molar-refractivity contribution < 1.29 is 18.8 Å². The van der Waals surface area contributed by atoms with Gasteiger partial charge in [-0.05, 0) is 25.1 Å². The molecule has 0 bridgehead atoms. The molecule has 0 saturated heterocycles. The second-order valence-corrected chi connectivity index (χ2v) is 3.86. The minimum Gasteiger partial charge on any atom is -0.428 e. The maximum Gasteiger partial charge on any atom is 0.314 e. The van der Waals surface area contributed by atoms with Gasteiger partial charge in [0.05, 0.1) is 10.5 Å². The van der Waals surface area contributed by atoms with Crippen LogP contribution >= 0.6 is 0 Å². The predicted octanol–water partition coefficient (Wildman–Crippen LogP) is 3.12. The lowest BCUT2D eigenvalue weighted by atomic mass is 10.2. The van der Waals surface area contributed by atoms with E-state index in [-0.39, 0.29) is 17.2 Å². The highest BCUT2D eigenvalue weighted by Crippen LogP contribution is 2.34. The summed E-state index contributed by atoms with van der Waals surface area (Å²) in [5.41, 5.74) is -0.421. The Hall–Kier alpha value is -2.83. The van der Waals surface area contributed by atoms with Crippen LogP contribution in [0.2, 0.25) is 0 Å². The summed E-state index contributed by atoms with van der Waals surface area (Å²) >= 11 is 0. The van der Waals surface area contributed by atoms with Crippen LogP contribution in [0.5, 0.6) is 11.6 Å². The maximum absolute atomic E-state index is 13.7. The number of nitrogens with zero attached hydrogens (tertiary/aromatic N) is 2. The Balaban J connectivity index is 2.51. The number of pyridine rings is 1. The van der Waals surface area contributed by atoms with E-state index in [1.54, 1.807) is 0 Å². The highest BCUT2D eigenvalue weighted by atomic mass is 19.1. The van der Waals surface area contributed by atoms with Crippen LogP contribution in [0.15, 0.2) is 36.5 Å². The van der Waals surface area contributed by atoms with Gasteiger partial charge >= 0.3 is 5.69 Å². The van der Waals surface area contributed by atoms with Crippen molar-refractivity contribution in [3.05, 3.63) is 58.0 Å². The van der Waals surface area contributed by atoms with E-state index in [9.17, 15) is 19.3 Å². The number of rotatable bonds is 4. The smallest absolute Gasteiger partial charge is 0.314 e. The van der Waals surface area contributed by atoms with E-state index in [1.165, 1.54) is 31.3 Å². The summed E-state index contributed by atoms with van der Waals surface area (Å²) in [6, 6.07) is 6.29. The van der Waals surface area contributed by atoms with Gasteiger partial charge in [-0.15, -0.1) is 0 Å². The SMILES string of the molecule is CC(=O)c1cccnc1Oc1c(F)cccc1[N+](=O)[O-]. The summed E-state index contributed by atoms with van der Waals surface area (Å²) in [5.74, 6) is -1.99. The Morgan fingerprint density at radius 2 is 2.10 bits per heavy atom. The number of halogens is 1. The van der Waals surface area contributed by atoms with Gasteiger partial charge in [-0.1, -0.05) is 6.07 Å². The van der Waals surface area contributed by atoms with Crippen LogP contribution in [0.1, 0.15) is 17.3 Å². The molecular weight excluding hydrogens is 267 g/mol. The Bertz CT molecular complexity index is 688. The molecule has 2 aromatic rings. The Labute approximate surface area is 113 Å². The number of para-hydroxylation sites is 1. The van der Waals surface area contributed by atoms with Gasteiger partial charge in [0, 0.05) is 12.3 Å². The van der Waals surface area contributed by atoms with E-state index >= 15 is 0 Å². The molecule has 0 N–H and O–H groups in total. The quantitative estimate of drug-likeness (QED) is 0.486. The molecule has 0 aliphatic rings. The molecule has 0 aliphatic heterocycles. The zero-order chi connectivity index (χ0) is 14.7. The predicted molar refractivity (Wildman–Crippen MR) is 67.4 cm³/mol. The number of nitro benzene ring substituents is 1. The molecule has 2 rings (SSSR count). The van der Waals surface area contributed by atoms with Gasteiger partial charge < -0.3 is 4.74 Å². The van der Waals surface area contributed by atoms with Crippen LogP contribution in [-0.4, -0.2) is 15.7 Å². The molecule has 102 valence electrons. The monoisotopic (exact) mass is 276 g/mol. The number of benzene rings is 1. The van der Waals surface area contributed by atoms with E-state index in [1.807, 2.05) is 0 Å². The number of hydrogen-bond donors (Lipinski definition) is 0. The third kappa shape index (κ3) is 2.61. The van der Waals surface area contributed by atoms with Gasteiger partial charge in [0.15, 0.2) is 11.6 Å². The standard InChI is InChI=1S/C13H9FN2O4/c1-8(17)9-4-3-7-15-13(9)20-12-10(14)5-2-6-11(12)16(18)19/h2-7H,1H3.